The van der Waals surface area contributed by atoms with Crippen LogP contribution in [0.2, 0.25) is 0 Å². The number of ether oxygens (including phenoxy) is 1. The Morgan fingerprint density at radius 2 is 1.75 bits per heavy atom. The van der Waals surface area contributed by atoms with Gasteiger partial charge >= 0.3 is 0 Å². The normalized spacial score (nSPS) is 12.2. The van der Waals surface area contributed by atoms with Gasteiger partial charge in [0.15, 0.2) is 0 Å². The van der Waals surface area contributed by atoms with Gasteiger partial charge in [0.1, 0.15) is 5.75 Å². The molecule has 0 heterocycles. The van der Waals surface area contributed by atoms with Gasteiger partial charge in [0, 0.05) is 5.57 Å². The van der Waals surface area contributed by atoms with E-state index in [9.17, 15) is 8.42 Å². The van der Waals surface area contributed by atoms with Gasteiger partial charge in [0.05, 0.1) is 24.1 Å². The maximum atomic E-state index is 12.6. The largest absolute Gasteiger partial charge is 0.497 e. The average molecular weight is 342 g/mol. The molecule has 0 aliphatic rings. The van der Waals surface area contributed by atoms with Crippen molar-refractivity contribution in [3.05, 3.63) is 71.8 Å². The molecule has 0 spiro atoms. The molecule has 0 saturated carbocycles. The lowest BCUT2D eigenvalue weighted by molar-refractivity contribution is 0.414. The molecule has 0 aliphatic carbocycles. The number of nitrogens with zero attached hydrogens (tertiary/aromatic N) is 1. The number of rotatable bonds is 6. The van der Waals surface area contributed by atoms with Gasteiger partial charge in [-0.1, -0.05) is 36.4 Å². The number of sulfonamides is 1. The third-order valence-corrected chi connectivity index (χ3v) is 4.98. The van der Waals surface area contributed by atoms with Crippen LogP contribution in [-0.4, -0.2) is 15.5 Å². The highest BCUT2D eigenvalue weighted by molar-refractivity contribution is 7.89. The second kappa shape index (κ2) is 7.30. The molecule has 0 aromatic heterocycles. The summed E-state index contributed by atoms with van der Waals surface area (Å²) in [6.45, 7) is 5.54. The van der Waals surface area contributed by atoms with Crippen LogP contribution in [-0.2, 0) is 10.0 Å². The predicted octanol–water partition coefficient (Wildman–Crippen LogP) is 3.10. The van der Waals surface area contributed by atoms with Crippen molar-refractivity contribution in [1.82, 2.24) is 4.72 Å². The summed E-state index contributed by atoms with van der Waals surface area (Å²) in [6, 6.07) is 14.4. The second-order valence-corrected chi connectivity index (χ2v) is 6.99. The number of nitrogens with one attached hydrogen (secondary N) is 1. The van der Waals surface area contributed by atoms with E-state index in [1.54, 1.807) is 43.5 Å². The first-order valence-corrected chi connectivity index (χ1v) is 8.67. The van der Waals surface area contributed by atoms with E-state index in [0.29, 0.717) is 11.3 Å². The zero-order valence-electron chi connectivity index (χ0n) is 13.5. The summed E-state index contributed by atoms with van der Waals surface area (Å²) in [5.41, 5.74) is 1.68. The Morgan fingerprint density at radius 1 is 1.17 bits per heavy atom. The van der Waals surface area contributed by atoms with Crippen LogP contribution in [0.4, 0.5) is 0 Å². The first-order chi connectivity index (χ1) is 11.4. The number of benzene rings is 2. The van der Waals surface area contributed by atoms with Crippen LogP contribution >= 0.6 is 0 Å². The topological polar surface area (TPSA) is 79.2 Å². The van der Waals surface area contributed by atoms with Crippen LogP contribution in [0.3, 0.4) is 0 Å². The van der Waals surface area contributed by atoms with Crippen molar-refractivity contribution in [2.24, 2.45) is 0 Å². The molecule has 1 unspecified atom stereocenters. The molecule has 124 valence electrons. The highest BCUT2D eigenvalue weighted by Crippen LogP contribution is 2.25. The number of hydrogen-bond donors (Lipinski definition) is 1. The van der Waals surface area contributed by atoms with E-state index in [2.05, 4.69) is 11.3 Å². The van der Waals surface area contributed by atoms with E-state index >= 15 is 0 Å². The monoisotopic (exact) mass is 342 g/mol. The molecule has 1 atom stereocenters. The molecule has 2 aromatic rings. The van der Waals surface area contributed by atoms with E-state index in [1.807, 2.05) is 13.0 Å². The van der Waals surface area contributed by atoms with Crippen molar-refractivity contribution in [2.75, 3.05) is 7.11 Å². The van der Waals surface area contributed by atoms with E-state index in [1.165, 1.54) is 12.1 Å². The summed E-state index contributed by atoms with van der Waals surface area (Å²) in [5, 5.41) is 9.16. The minimum atomic E-state index is -3.79. The smallest absolute Gasteiger partial charge is 0.241 e. The molecule has 0 aliphatic heterocycles. The first kappa shape index (κ1) is 17.7. The van der Waals surface area contributed by atoms with Crippen LogP contribution in [0.5, 0.6) is 5.75 Å². The molecule has 2 rings (SSSR count). The lowest BCUT2D eigenvalue weighted by Crippen LogP contribution is -2.29. The molecule has 0 amide bonds. The van der Waals surface area contributed by atoms with Gasteiger partial charge in [-0.25, -0.2) is 8.42 Å². The highest BCUT2D eigenvalue weighted by atomic mass is 32.2. The quantitative estimate of drug-likeness (QED) is 0.818. The minimum Gasteiger partial charge on any atom is -0.497 e. The molecular weight excluding hydrogens is 324 g/mol. The summed E-state index contributed by atoms with van der Waals surface area (Å²) < 4.78 is 32.8. The molecule has 0 radical (unpaired) electrons. The molecule has 0 bridgehead atoms. The van der Waals surface area contributed by atoms with Crippen LogP contribution < -0.4 is 9.46 Å². The third-order valence-electron chi connectivity index (χ3n) is 3.55. The minimum absolute atomic E-state index is 0.107. The van der Waals surface area contributed by atoms with Crippen LogP contribution in [0.25, 0.3) is 0 Å². The fourth-order valence-electron chi connectivity index (χ4n) is 2.14. The number of hydrogen-bond acceptors (Lipinski definition) is 4. The molecule has 5 nitrogen and oxygen atoms in total. The standard InChI is InChI=1S/C18H18N2O3S/c1-13-4-10-17(11-5-13)24(21,22)20-18(14(2)12-19)15-6-8-16(23-3)9-7-15/h4-11,18,20H,2H2,1,3H3. The van der Waals surface area contributed by atoms with Crippen molar-refractivity contribution in [2.45, 2.75) is 17.9 Å². The summed E-state index contributed by atoms with van der Waals surface area (Å²) >= 11 is 0. The van der Waals surface area contributed by atoms with Gasteiger partial charge in [-0.2, -0.15) is 9.98 Å². The maximum Gasteiger partial charge on any atom is 0.241 e. The SMILES string of the molecule is C=C(C#N)C(NS(=O)(=O)c1ccc(C)cc1)c1ccc(OC)cc1. The van der Waals surface area contributed by atoms with E-state index in [0.717, 1.165) is 5.56 Å². The lowest BCUT2D eigenvalue weighted by Gasteiger charge is -2.18. The fourth-order valence-corrected chi connectivity index (χ4v) is 3.36. The number of methoxy groups -OCH3 is 1. The Labute approximate surface area is 142 Å². The summed E-state index contributed by atoms with van der Waals surface area (Å²) in [5.74, 6) is 0.640. The van der Waals surface area contributed by atoms with Crippen molar-refractivity contribution in [3.8, 4) is 11.8 Å². The van der Waals surface area contributed by atoms with Gasteiger partial charge in [0.25, 0.3) is 0 Å². The molecule has 0 fully saturated rings. The second-order valence-electron chi connectivity index (χ2n) is 5.28. The Hall–Kier alpha value is -2.62. The summed E-state index contributed by atoms with van der Waals surface area (Å²) in [4.78, 5) is 0.136. The van der Waals surface area contributed by atoms with Gasteiger partial charge in [0.2, 0.25) is 10.0 Å². The van der Waals surface area contributed by atoms with Crippen molar-refractivity contribution < 1.29 is 13.2 Å². The first-order valence-electron chi connectivity index (χ1n) is 7.19. The average Bonchev–Trinajstić information content (AvgIpc) is 2.59. The Bertz CT molecular complexity index is 864. The van der Waals surface area contributed by atoms with Crippen molar-refractivity contribution in [3.63, 3.8) is 0 Å². The molecule has 1 N–H and O–H groups in total. The summed E-state index contributed by atoms with van der Waals surface area (Å²) in [6.07, 6.45) is 0. The summed E-state index contributed by atoms with van der Waals surface area (Å²) in [7, 11) is -2.25. The predicted molar refractivity (Wildman–Crippen MR) is 92.0 cm³/mol. The van der Waals surface area contributed by atoms with Gasteiger partial charge in [-0.15, -0.1) is 0 Å². The molecule has 0 saturated heterocycles. The van der Waals surface area contributed by atoms with Crippen molar-refractivity contribution >= 4 is 10.0 Å². The zero-order chi connectivity index (χ0) is 17.7. The van der Waals surface area contributed by atoms with Crippen molar-refractivity contribution in [1.29, 1.82) is 5.26 Å². The number of nitriles is 1. The van der Waals surface area contributed by atoms with Crippen LogP contribution in [0, 0.1) is 18.3 Å². The molecule has 24 heavy (non-hydrogen) atoms. The van der Waals surface area contributed by atoms with E-state index < -0.39 is 16.1 Å². The lowest BCUT2D eigenvalue weighted by atomic mass is 10.0. The third kappa shape index (κ3) is 4.02. The van der Waals surface area contributed by atoms with Crippen LogP contribution in [0.1, 0.15) is 17.2 Å². The van der Waals surface area contributed by atoms with Gasteiger partial charge in [-0.3, -0.25) is 0 Å². The highest BCUT2D eigenvalue weighted by Gasteiger charge is 2.23. The Balaban J connectivity index is 2.36. The van der Waals surface area contributed by atoms with Gasteiger partial charge < -0.3 is 4.74 Å². The maximum absolute atomic E-state index is 12.6. The Kier molecular flexibility index (Phi) is 5.39. The van der Waals surface area contributed by atoms with E-state index in [4.69, 9.17) is 10.00 Å². The zero-order valence-corrected chi connectivity index (χ0v) is 14.3. The van der Waals surface area contributed by atoms with Gasteiger partial charge in [-0.05, 0) is 36.8 Å². The van der Waals surface area contributed by atoms with E-state index in [-0.39, 0.29) is 10.5 Å². The van der Waals surface area contributed by atoms with Crippen LogP contribution in [0.15, 0.2) is 65.6 Å². The fraction of sp³-hybridized carbons (Fsp3) is 0.167. The molecule has 6 heteroatoms. The molecular formula is C18H18N2O3S. The molecule has 2 aromatic carbocycles. The Morgan fingerprint density at radius 3 is 2.25 bits per heavy atom. The number of aryl methyl sites for hydroxylation is 1.